The lowest BCUT2D eigenvalue weighted by Gasteiger charge is -2.40. The van der Waals surface area contributed by atoms with Crippen molar-refractivity contribution in [3.63, 3.8) is 0 Å². The Balaban J connectivity index is 1.88. The molecule has 0 aromatic heterocycles. The fraction of sp³-hybridized carbons (Fsp3) is 1.00. The fourth-order valence-corrected chi connectivity index (χ4v) is 2.50. The van der Waals surface area contributed by atoms with E-state index in [4.69, 9.17) is 10.5 Å². The Bertz CT molecular complexity index is 157. The Morgan fingerprint density at radius 1 is 1.08 bits per heavy atom. The van der Waals surface area contributed by atoms with E-state index in [1.165, 1.54) is 25.7 Å². The van der Waals surface area contributed by atoms with Crippen LogP contribution in [0, 0.1) is 0 Å². The van der Waals surface area contributed by atoms with E-state index >= 15 is 0 Å². The van der Waals surface area contributed by atoms with Crippen molar-refractivity contribution >= 4 is 0 Å². The Morgan fingerprint density at radius 2 is 1.77 bits per heavy atom. The van der Waals surface area contributed by atoms with Crippen molar-refractivity contribution in [1.29, 1.82) is 0 Å². The molecule has 2 aliphatic rings. The van der Waals surface area contributed by atoms with Gasteiger partial charge in [-0.3, -0.25) is 4.90 Å². The van der Waals surface area contributed by atoms with Crippen LogP contribution in [0.25, 0.3) is 0 Å². The predicted octanol–water partition coefficient (Wildman–Crippen LogP) is 0.588. The van der Waals surface area contributed by atoms with Gasteiger partial charge >= 0.3 is 0 Å². The van der Waals surface area contributed by atoms with Gasteiger partial charge in [-0.2, -0.15) is 0 Å². The summed E-state index contributed by atoms with van der Waals surface area (Å²) in [5.74, 6) is 0. The van der Waals surface area contributed by atoms with E-state index in [0.717, 1.165) is 26.3 Å². The monoisotopic (exact) mass is 184 g/mol. The fourth-order valence-electron chi connectivity index (χ4n) is 2.50. The van der Waals surface area contributed by atoms with Gasteiger partial charge in [0.15, 0.2) is 0 Å². The number of hydrogen-bond acceptors (Lipinski definition) is 3. The van der Waals surface area contributed by atoms with E-state index in [-0.39, 0.29) is 0 Å². The Morgan fingerprint density at radius 3 is 2.46 bits per heavy atom. The highest BCUT2D eigenvalue weighted by atomic mass is 16.5. The molecule has 0 radical (unpaired) electrons. The predicted molar refractivity (Wildman–Crippen MR) is 52.6 cm³/mol. The highest BCUT2D eigenvalue weighted by molar-refractivity contribution is 4.86. The third-order valence-corrected chi connectivity index (χ3v) is 3.30. The van der Waals surface area contributed by atoms with Crippen LogP contribution in [-0.2, 0) is 4.74 Å². The second-order valence-corrected chi connectivity index (χ2v) is 4.16. The lowest BCUT2D eigenvalue weighted by Crippen LogP contribution is -2.53. The second kappa shape index (κ2) is 4.40. The number of morpholine rings is 1. The molecule has 0 unspecified atom stereocenters. The maximum atomic E-state index is 6.13. The van der Waals surface area contributed by atoms with Crippen LogP contribution >= 0.6 is 0 Å². The number of nitrogens with zero attached hydrogens (tertiary/aromatic N) is 1. The van der Waals surface area contributed by atoms with Crippen LogP contribution in [0.5, 0.6) is 0 Å². The molecule has 3 heteroatoms. The zero-order valence-corrected chi connectivity index (χ0v) is 8.24. The molecule has 0 spiro atoms. The first kappa shape index (κ1) is 9.44. The summed E-state index contributed by atoms with van der Waals surface area (Å²) in [7, 11) is 0. The first-order valence-corrected chi connectivity index (χ1v) is 5.45. The lowest BCUT2D eigenvalue weighted by molar-refractivity contribution is 0.00373. The van der Waals surface area contributed by atoms with E-state index in [1.807, 2.05) is 0 Å². The first-order valence-electron chi connectivity index (χ1n) is 5.45. The molecule has 2 atom stereocenters. The molecular weight excluding hydrogens is 164 g/mol. The standard InChI is InChI=1S/C10H20N2O/c11-9-3-1-2-4-10(9)12-5-7-13-8-6-12/h9-10H,1-8,11H2/t9-,10-/m1/s1. The van der Waals surface area contributed by atoms with Crippen LogP contribution in [0.2, 0.25) is 0 Å². The topological polar surface area (TPSA) is 38.5 Å². The molecule has 2 fully saturated rings. The largest absolute Gasteiger partial charge is 0.379 e. The zero-order chi connectivity index (χ0) is 9.10. The highest BCUT2D eigenvalue weighted by Crippen LogP contribution is 2.22. The molecule has 0 amide bonds. The Labute approximate surface area is 80.2 Å². The average molecular weight is 184 g/mol. The summed E-state index contributed by atoms with van der Waals surface area (Å²) in [4.78, 5) is 2.52. The number of rotatable bonds is 1. The van der Waals surface area contributed by atoms with E-state index in [9.17, 15) is 0 Å². The third-order valence-electron chi connectivity index (χ3n) is 3.30. The number of ether oxygens (including phenoxy) is 1. The molecule has 3 nitrogen and oxygen atoms in total. The summed E-state index contributed by atoms with van der Waals surface area (Å²) >= 11 is 0. The summed E-state index contributed by atoms with van der Waals surface area (Å²) in [6.45, 7) is 3.95. The summed E-state index contributed by atoms with van der Waals surface area (Å²) in [5.41, 5.74) is 6.13. The molecule has 1 saturated carbocycles. The van der Waals surface area contributed by atoms with Crippen molar-refractivity contribution in [2.45, 2.75) is 37.8 Å². The molecule has 0 aromatic carbocycles. The minimum Gasteiger partial charge on any atom is -0.379 e. The van der Waals surface area contributed by atoms with Crippen molar-refractivity contribution in [1.82, 2.24) is 4.90 Å². The molecule has 0 aromatic rings. The Kier molecular flexibility index (Phi) is 3.19. The van der Waals surface area contributed by atoms with Crippen molar-refractivity contribution in [3.05, 3.63) is 0 Å². The van der Waals surface area contributed by atoms with E-state index in [0.29, 0.717) is 12.1 Å². The molecule has 1 aliphatic carbocycles. The van der Waals surface area contributed by atoms with Crippen LogP contribution in [0.15, 0.2) is 0 Å². The number of nitrogens with two attached hydrogens (primary N) is 1. The van der Waals surface area contributed by atoms with Gasteiger partial charge < -0.3 is 10.5 Å². The van der Waals surface area contributed by atoms with Gasteiger partial charge in [-0.05, 0) is 12.8 Å². The van der Waals surface area contributed by atoms with Crippen molar-refractivity contribution < 1.29 is 4.74 Å². The second-order valence-electron chi connectivity index (χ2n) is 4.16. The van der Waals surface area contributed by atoms with Crippen molar-refractivity contribution in [2.75, 3.05) is 26.3 Å². The van der Waals surface area contributed by atoms with Crippen LogP contribution < -0.4 is 5.73 Å². The molecule has 1 saturated heterocycles. The van der Waals surface area contributed by atoms with Gasteiger partial charge in [0.2, 0.25) is 0 Å². The zero-order valence-electron chi connectivity index (χ0n) is 8.24. The van der Waals surface area contributed by atoms with Gasteiger partial charge in [0.1, 0.15) is 0 Å². The van der Waals surface area contributed by atoms with E-state index in [1.54, 1.807) is 0 Å². The summed E-state index contributed by atoms with van der Waals surface area (Å²) in [6, 6.07) is 1.05. The van der Waals surface area contributed by atoms with Gasteiger partial charge in [-0.1, -0.05) is 12.8 Å². The first-order chi connectivity index (χ1) is 6.38. The molecule has 2 rings (SSSR count). The average Bonchev–Trinajstić information content (AvgIpc) is 2.20. The molecule has 1 aliphatic heterocycles. The van der Waals surface area contributed by atoms with E-state index < -0.39 is 0 Å². The van der Waals surface area contributed by atoms with Gasteiger partial charge in [0.05, 0.1) is 13.2 Å². The molecule has 13 heavy (non-hydrogen) atoms. The van der Waals surface area contributed by atoms with Gasteiger partial charge in [-0.25, -0.2) is 0 Å². The Hall–Kier alpha value is -0.120. The molecular formula is C10H20N2O. The number of hydrogen-bond donors (Lipinski definition) is 1. The summed E-state index contributed by atoms with van der Waals surface area (Å²) in [6.07, 6.45) is 5.18. The van der Waals surface area contributed by atoms with Crippen molar-refractivity contribution in [2.24, 2.45) is 5.73 Å². The van der Waals surface area contributed by atoms with Crippen molar-refractivity contribution in [3.8, 4) is 0 Å². The third kappa shape index (κ3) is 2.22. The maximum absolute atomic E-state index is 6.13. The minimum atomic E-state index is 0.409. The van der Waals surface area contributed by atoms with Gasteiger partial charge in [0.25, 0.3) is 0 Å². The maximum Gasteiger partial charge on any atom is 0.0594 e. The van der Waals surface area contributed by atoms with E-state index in [2.05, 4.69) is 4.90 Å². The molecule has 1 heterocycles. The lowest BCUT2D eigenvalue weighted by atomic mass is 9.89. The highest BCUT2D eigenvalue weighted by Gasteiger charge is 2.28. The van der Waals surface area contributed by atoms with Gasteiger partial charge in [0, 0.05) is 25.2 Å². The van der Waals surface area contributed by atoms with Gasteiger partial charge in [-0.15, -0.1) is 0 Å². The summed E-state index contributed by atoms with van der Waals surface area (Å²) < 4.78 is 5.34. The van der Waals surface area contributed by atoms with Crippen LogP contribution in [0.1, 0.15) is 25.7 Å². The smallest absolute Gasteiger partial charge is 0.0594 e. The quantitative estimate of drug-likeness (QED) is 0.648. The normalized spacial score (nSPS) is 37.6. The molecule has 2 N–H and O–H groups in total. The molecule has 76 valence electrons. The summed E-state index contributed by atoms with van der Waals surface area (Å²) in [5, 5.41) is 0. The van der Waals surface area contributed by atoms with Crippen LogP contribution in [0.3, 0.4) is 0 Å². The van der Waals surface area contributed by atoms with Crippen LogP contribution in [-0.4, -0.2) is 43.3 Å². The van der Waals surface area contributed by atoms with Crippen LogP contribution in [0.4, 0.5) is 0 Å². The molecule has 0 bridgehead atoms. The SMILES string of the molecule is N[C@@H]1CCCC[C@H]1N1CCOCC1. The minimum absolute atomic E-state index is 0.409.